The van der Waals surface area contributed by atoms with E-state index < -0.39 is 8.32 Å². The van der Waals surface area contributed by atoms with Crippen molar-refractivity contribution >= 4 is 40.2 Å². The average Bonchev–Trinajstić information content (AvgIpc) is 2.46. The fourth-order valence-corrected chi connectivity index (χ4v) is 6.61. The highest BCUT2D eigenvalue weighted by Gasteiger charge is 2.76. The Morgan fingerprint density at radius 3 is 2.36 bits per heavy atom. The van der Waals surface area contributed by atoms with Crippen molar-refractivity contribution in [1.29, 1.82) is 0 Å². The second-order valence-corrected chi connectivity index (χ2v) is 13.5. The summed E-state index contributed by atoms with van der Waals surface area (Å²) >= 11 is 7.61. The van der Waals surface area contributed by atoms with Crippen LogP contribution < -0.4 is 0 Å². The van der Waals surface area contributed by atoms with Crippen LogP contribution in [0.5, 0.6) is 0 Å². The number of hydrogen-bond acceptors (Lipinski definition) is 1. The molecule has 0 aromatic carbocycles. The van der Waals surface area contributed by atoms with Crippen molar-refractivity contribution < 1.29 is 4.43 Å². The van der Waals surface area contributed by atoms with Crippen LogP contribution in [0, 0.1) is 5.92 Å². The summed E-state index contributed by atoms with van der Waals surface area (Å²) in [7, 11) is -1.42. The van der Waals surface area contributed by atoms with Gasteiger partial charge in [-0.1, -0.05) is 44.7 Å². The Hall–Kier alpha value is 1.14. The number of rotatable bonds is 2. The minimum atomic E-state index is -1.42. The van der Waals surface area contributed by atoms with Crippen LogP contribution in [0.1, 0.15) is 25.7 Å². The third-order valence-corrected chi connectivity index (χ3v) is 6.68. The summed E-state index contributed by atoms with van der Waals surface area (Å²) in [5.41, 5.74) is 0.121. The maximum absolute atomic E-state index is 6.40. The molecule has 0 spiro atoms. The van der Waals surface area contributed by atoms with Crippen LogP contribution in [0.3, 0.4) is 0 Å². The number of alkyl halides is 2. The minimum absolute atomic E-state index is 0.0871. The van der Waals surface area contributed by atoms with Gasteiger partial charge in [0.15, 0.2) is 8.32 Å². The molecule has 2 unspecified atom stereocenters. The molecule has 2 saturated carbocycles. The summed E-state index contributed by atoms with van der Waals surface area (Å²) in [6.45, 7) is 6.84. The Kier molecular flexibility index (Phi) is 2.75. The van der Waals surface area contributed by atoms with Crippen LogP contribution in [0.25, 0.3) is 0 Å². The molecule has 0 bridgehead atoms. The van der Waals surface area contributed by atoms with Gasteiger partial charge in [-0.3, -0.25) is 0 Å². The Balaban J connectivity index is 2.15. The van der Waals surface area contributed by atoms with E-state index >= 15 is 0 Å². The molecule has 4 heteroatoms. The second-order valence-electron chi connectivity index (χ2n) is 5.53. The summed E-state index contributed by atoms with van der Waals surface area (Å²) in [4.78, 5) is 0. The summed E-state index contributed by atoms with van der Waals surface area (Å²) in [6.07, 6.45) is 5.21. The molecule has 2 fully saturated rings. The highest BCUT2D eigenvalue weighted by atomic mass is 79.9. The van der Waals surface area contributed by atoms with Crippen LogP contribution in [0.2, 0.25) is 19.6 Å². The molecule has 0 heterocycles. The average molecular weight is 342 g/mol. The van der Waals surface area contributed by atoms with Gasteiger partial charge >= 0.3 is 0 Å². The highest BCUT2D eigenvalue weighted by molar-refractivity contribution is 9.25. The fourth-order valence-electron chi connectivity index (χ4n) is 2.73. The first-order chi connectivity index (χ1) is 6.30. The summed E-state index contributed by atoms with van der Waals surface area (Å²) < 4.78 is 6.49. The monoisotopic (exact) mass is 340 g/mol. The maximum atomic E-state index is 6.40. The van der Waals surface area contributed by atoms with Crippen molar-refractivity contribution in [3.63, 3.8) is 0 Å². The summed E-state index contributed by atoms with van der Waals surface area (Å²) in [6, 6.07) is 0. The molecule has 0 aromatic heterocycles. The van der Waals surface area contributed by atoms with Gasteiger partial charge in [-0.2, -0.15) is 0 Å². The molecular weight excluding hydrogens is 324 g/mol. The van der Waals surface area contributed by atoms with Crippen molar-refractivity contribution in [2.75, 3.05) is 0 Å². The fraction of sp³-hybridized carbons (Fsp3) is 1.00. The van der Waals surface area contributed by atoms with Crippen LogP contribution in [-0.4, -0.2) is 17.2 Å². The number of hydrogen-bond donors (Lipinski definition) is 0. The molecule has 82 valence electrons. The molecule has 0 amide bonds. The molecule has 0 aromatic rings. The van der Waals surface area contributed by atoms with Gasteiger partial charge in [0.05, 0.1) is 5.60 Å². The third kappa shape index (κ3) is 1.66. The molecule has 2 atom stereocenters. The molecule has 2 rings (SSSR count). The lowest BCUT2D eigenvalue weighted by atomic mass is 9.98. The predicted octanol–water partition coefficient (Wildman–Crippen LogP) is 4.27. The molecule has 14 heavy (non-hydrogen) atoms. The van der Waals surface area contributed by atoms with E-state index in [1.165, 1.54) is 25.7 Å². The van der Waals surface area contributed by atoms with Crippen LogP contribution in [-0.2, 0) is 4.43 Å². The highest BCUT2D eigenvalue weighted by Crippen LogP contribution is 2.72. The van der Waals surface area contributed by atoms with Crippen molar-refractivity contribution in [1.82, 2.24) is 0 Å². The standard InChI is InChI=1S/C10H18Br2OSi/c1-14(2,3)13-9-7-5-4-6-8(9)10(9,11)12/h8H,4-7H2,1-3H3. The lowest BCUT2D eigenvalue weighted by molar-refractivity contribution is 0.120. The van der Waals surface area contributed by atoms with Crippen molar-refractivity contribution in [3.05, 3.63) is 0 Å². The third-order valence-electron chi connectivity index (χ3n) is 3.26. The largest absolute Gasteiger partial charge is 0.409 e. The van der Waals surface area contributed by atoms with E-state index in [1.54, 1.807) is 0 Å². The second kappa shape index (κ2) is 3.31. The Labute approximate surface area is 104 Å². The van der Waals surface area contributed by atoms with Gasteiger partial charge < -0.3 is 4.43 Å². The first kappa shape index (κ1) is 11.6. The topological polar surface area (TPSA) is 9.23 Å². The minimum Gasteiger partial charge on any atom is -0.409 e. The zero-order valence-corrected chi connectivity index (χ0v) is 13.2. The van der Waals surface area contributed by atoms with Gasteiger partial charge in [-0.25, -0.2) is 0 Å². The Morgan fingerprint density at radius 2 is 1.86 bits per heavy atom. The van der Waals surface area contributed by atoms with Gasteiger partial charge in [0.25, 0.3) is 0 Å². The normalized spacial score (nSPS) is 40.5. The van der Waals surface area contributed by atoms with E-state index in [-0.39, 0.29) is 8.83 Å². The smallest absolute Gasteiger partial charge is 0.184 e. The number of fused-ring (bicyclic) bond motifs is 1. The quantitative estimate of drug-likeness (QED) is 0.538. The van der Waals surface area contributed by atoms with Crippen LogP contribution in [0.4, 0.5) is 0 Å². The molecule has 0 N–H and O–H groups in total. The lowest BCUT2D eigenvalue weighted by Gasteiger charge is -2.30. The van der Waals surface area contributed by atoms with Gasteiger partial charge in [0, 0.05) is 5.92 Å². The van der Waals surface area contributed by atoms with Crippen molar-refractivity contribution in [2.45, 2.75) is 54.2 Å². The molecule has 1 nitrogen and oxygen atoms in total. The van der Waals surface area contributed by atoms with Crippen LogP contribution >= 0.6 is 31.9 Å². The Morgan fingerprint density at radius 1 is 1.21 bits per heavy atom. The summed E-state index contributed by atoms with van der Waals surface area (Å²) in [5, 5.41) is 0. The van der Waals surface area contributed by atoms with E-state index in [4.69, 9.17) is 4.43 Å². The zero-order valence-electron chi connectivity index (χ0n) is 9.07. The molecule has 2 aliphatic carbocycles. The molecule has 2 aliphatic rings. The van der Waals surface area contributed by atoms with E-state index in [9.17, 15) is 0 Å². The Bertz CT molecular complexity index is 249. The zero-order chi connectivity index (χ0) is 10.6. The van der Waals surface area contributed by atoms with Gasteiger partial charge in [0.1, 0.15) is 3.23 Å². The van der Waals surface area contributed by atoms with E-state index in [2.05, 4.69) is 51.5 Å². The summed E-state index contributed by atoms with van der Waals surface area (Å²) in [5.74, 6) is 0.690. The first-order valence-corrected chi connectivity index (χ1v) is 10.4. The lowest BCUT2D eigenvalue weighted by Crippen LogP contribution is -2.37. The molecule has 0 saturated heterocycles. The van der Waals surface area contributed by atoms with Crippen molar-refractivity contribution in [2.24, 2.45) is 5.92 Å². The molecule has 0 radical (unpaired) electrons. The van der Waals surface area contributed by atoms with E-state index in [1.807, 2.05) is 0 Å². The van der Waals surface area contributed by atoms with Gasteiger partial charge in [-0.15, -0.1) is 0 Å². The van der Waals surface area contributed by atoms with Crippen LogP contribution in [0.15, 0.2) is 0 Å². The molecular formula is C10H18Br2OSi. The van der Waals surface area contributed by atoms with Gasteiger partial charge in [-0.05, 0) is 32.5 Å². The van der Waals surface area contributed by atoms with E-state index in [0.29, 0.717) is 5.92 Å². The predicted molar refractivity (Wildman–Crippen MR) is 69.7 cm³/mol. The van der Waals surface area contributed by atoms with E-state index in [0.717, 1.165) is 0 Å². The van der Waals surface area contributed by atoms with Crippen molar-refractivity contribution in [3.8, 4) is 0 Å². The SMILES string of the molecule is C[Si](C)(C)OC12CCCCC1C2(Br)Br. The first-order valence-electron chi connectivity index (χ1n) is 5.38. The van der Waals surface area contributed by atoms with Gasteiger partial charge in [0.2, 0.25) is 0 Å². The molecule has 0 aliphatic heterocycles. The number of halogens is 2. The maximum Gasteiger partial charge on any atom is 0.184 e.